The van der Waals surface area contributed by atoms with Crippen LogP contribution in [0.25, 0.3) is 0 Å². The van der Waals surface area contributed by atoms with Gasteiger partial charge in [-0.1, -0.05) is 0 Å². The molecule has 0 atom stereocenters. The van der Waals surface area contributed by atoms with Crippen LogP contribution in [0, 0.1) is 0 Å². The van der Waals surface area contributed by atoms with Crippen LogP contribution in [0.15, 0.2) is 30.6 Å². The van der Waals surface area contributed by atoms with E-state index >= 15 is 0 Å². The number of hydrogen-bond acceptors (Lipinski definition) is 4. The average Bonchev–Trinajstić information content (AvgIpc) is 2.70. The molecule has 0 saturated carbocycles. The third-order valence-corrected chi connectivity index (χ3v) is 2.63. The molecule has 0 spiro atoms. The predicted molar refractivity (Wildman–Crippen MR) is 77.8 cm³/mol. The number of hydrogen-bond donors (Lipinski definition) is 2. The van der Waals surface area contributed by atoms with E-state index in [1.165, 1.54) is 0 Å². The second-order valence-corrected chi connectivity index (χ2v) is 4.75. The van der Waals surface area contributed by atoms with Crippen LogP contribution >= 0.6 is 0 Å². The molecule has 0 aromatic carbocycles. The Morgan fingerprint density at radius 3 is 2.85 bits per heavy atom. The molecule has 6 nitrogen and oxygen atoms in total. The summed E-state index contributed by atoms with van der Waals surface area (Å²) >= 11 is 0. The van der Waals surface area contributed by atoms with Crippen molar-refractivity contribution in [2.45, 2.75) is 20.0 Å². The summed E-state index contributed by atoms with van der Waals surface area (Å²) < 4.78 is 7.23. The summed E-state index contributed by atoms with van der Waals surface area (Å²) in [7, 11) is 1.76. The van der Waals surface area contributed by atoms with E-state index in [9.17, 15) is 4.79 Å². The van der Waals surface area contributed by atoms with E-state index < -0.39 is 0 Å². The molecule has 3 N–H and O–H groups in total. The Hall–Kier alpha value is -2.50. The molecule has 0 unspecified atom stereocenters. The summed E-state index contributed by atoms with van der Waals surface area (Å²) in [5.41, 5.74) is 7.22. The first-order valence-corrected chi connectivity index (χ1v) is 6.32. The lowest BCUT2D eigenvalue weighted by molar-refractivity contribution is 0.101. The third-order valence-electron chi connectivity index (χ3n) is 2.63. The number of anilines is 2. The van der Waals surface area contributed by atoms with E-state index in [-0.39, 0.29) is 12.0 Å². The summed E-state index contributed by atoms with van der Waals surface area (Å²) in [6.07, 6.45) is 3.28. The van der Waals surface area contributed by atoms with Crippen LogP contribution in [0.1, 0.15) is 24.3 Å². The number of aryl methyl sites for hydroxylation is 1. The highest BCUT2D eigenvalue weighted by atomic mass is 16.5. The summed E-state index contributed by atoms with van der Waals surface area (Å²) in [5, 5.41) is 2.78. The summed E-state index contributed by atoms with van der Waals surface area (Å²) in [6.45, 7) is 3.80. The minimum Gasteiger partial charge on any atom is -0.473 e. The van der Waals surface area contributed by atoms with Crippen molar-refractivity contribution in [2.75, 3.05) is 11.1 Å². The van der Waals surface area contributed by atoms with Gasteiger partial charge >= 0.3 is 0 Å². The minimum absolute atomic E-state index is 0.0220. The van der Waals surface area contributed by atoms with Crippen LogP contribution < -0.4 is 15.8 Å². The molecule has 20 heavy (non-hydrogen) atoms. The number of nitrogen functional groups attached to an aromatic ring is 1. The van der Waals surface area contributed by atoms with Crippen LogP contribution in [0.4, 0.5) is 11.4 Å². The Morgan fingerprint density at radius 1 is 1.50 bits per heavy atom. The van der Waals surface area contributed by atoms with E-state index in [0.29, 0.717) is 22.9 Å². The number of carbonyl (C=O) groups is 1. The fourth-order valence-electron chi connectivity index (χ4n) is 1.81. The predicted octanol–water partition coefficient (Wildman–Crippen LogP) is 2.04. The number of nitrogens with two attached hydrogens (primary N) is 1. The molecule has 0 aliphatic carbocycles. The standard InChI is InChI=1S/C14H18N4O2/c1-9(2)20-14-11(5-4-6-16-14)17-13(19)12-7-10(15)8-18(12)3/h4-9H,15H2,1-3H3,(H,17,19). The van der Waals surface area contributed by atoms with Crippen molar-refractivity contribution in [3.05, 3.63) is 36.3 Å². The number of aromatic nitrogens is 2. The van der Waals surface area contributed by atoms with Gasteiger partial charge in [0, 0.05) is 19.4 Å². The molecule has 0 bridgehead atoms. The minimum atomic E-state index is -0.259. The van der Waals surface area contributed by atoms with Gasteiger partial charge in [0.05, 0.1) is 11.8 Å². The second-order valence-electron chi connectivity index (χ2n) is 4.75. The number of nitrogens with one attached hydrogen (secondary N) is 1. The Labute approximate surface area is 117 Å². The maximum Gasteiger partial charge on any atom is 0.272 e. The number of ether oxygens (including phenoxy) is 1. The molecule has 1 amide bonds. The average molecular weight is 274 g/mol. The zero-order chi connectivity index (χ0) is 14.7. The highest BCUT2D eigenvalue weighted by Crippen LogP contribution is 2.22. The normalized spacial score (nSPS) is 10.6. The molecule has 0 saturated heterocycles. The second kappa shape index (κ2) is 5.64. The van der Waals surface area contributed by atoms with Gasteiger partial charge in [0.2, 0.25) is 5.88 Å². The monoisotopic (exact) mass is 274 g/mol. The number of pyridine rings is 1. The van der Waals surface area contributed by atoms with E-state index in [4.69, 9.17) is 10.5 Å². The molecule has 2 rings (SSSR count). The van der Waals surface area contributed by atoms with Crippen molar-refractivity contribution in [3.8, 4) is 5.88 Å². The zero-order valence-electron chi connectivity index (χ0n) is 11.8. The van der Waals surface area contributed by atoms with Crippen LogP contribution in [0.2, 0.25) is 0 Å². The lowest BCUT2D eigenvalue weighted by atomic mass is 10.3. The third kappa shape index (κ3) is 3.09. The highest BCUT2D eigenvalue weighted by Gasteiger charge is 2.14. The summed E-state index contributed by atoms with van der Waals surface area (Å²) in [5.74, 6) is 0.142. The van der Waals surface area contributed by atoms with Crippen LogP contribution in [-0.2, 0) is 7.05 Å². The molecule has 0 fully saturated rings. The molecule has 2 aromatic heterocycles. The van der Waals surface area contributed by atoms with Crippen molar-refractivity contribution < 1.29 is 9.53 Å². The van der Waals surface area contributed by atoms with Crippen LogP contribution in [0.3, 0.4) is 0 Å². The molecule has 0 aliphatic heterocycles. The Balaban J connectivity index is 2.22. The van der Waals surface area contributed by atoms with Crippen LogP contribution in [-0.4, -0.2) is 21.6 Å². The van der Waals surface area contributed by atoms with Crippen molar-refractivity contribution in [1.82, 2.24) is 9.55 Å². The number of nitrogens with zero attached hydrogens (tertiary/aromatic N) is 2. The maximum absolute atomic E-state index is 12.2. The SMILES string of the molecule is CC(C)Oc1ncccc1NC(=O)c1cc(N)cn1C. The Bertz CT molecular complexity index is 619. The highest BCUT2D eigenvalue weighted by molar-refractivity contribution is 6.04. The quantitative estimate of drug-likeness (QED) is 0.893. The molecule has 2 aromatic rings. The van der Waals surface area contributed by atoms with Gasteiger partial charge in [-0.05, 0) is 32.0 Å². The number of amides is 1. The largest absolute Gasteiger partial charge is 0.473 e. The van der Waals surface area contributed by atoms with Crippen LogP contribution in [0.5, 0.6) is 5.88 Å². The first kappa shape index (κ1) is 13.9. The summed E-state index contributed by atoms with van der Waals surface area (Å²) in [6, 6.07) is 5.10. The smallest absolute Gasteiger partial charge is 0.272 e. The maximum atomic E-state index is 12.2. The van der Waals surface area contributed by atoms with Gasteiger partial charge in [-0.2, -0.15) is 0 Å². The van der Waals surface area contributed by atoms with E-state index in [0.717, 1.165) is 0 Å². The van der Waals surface area contributed by atoms with E-state index in [1.54, 1.807) is 42.2 Å². The molecule has 6 heteroatoms. The van der Waals surface area contributed by atoms with Crippen molar-refractivity contribution in [1.29, 1.82) is 0 Å². The molecule has 0 aliphatic rings. The van der Waals surface area contributed by atoms with Crippen molar-refractivity contribution in [3.63, 3.8) is 0 Å². The van der Waals surface area contributed by atoms with Crippen molar-refractivity contribution >= 4 is 17.3 Å². The molecule has 106 valence electrons. The van der Waals surface area contributed by atoms with Gasteiger partial charge in [0.1, 0.15) is 11.4 Å². The zero-order valence-corrected chi connectivity index (χ0v) is 11.8. The molecule has 2 heterocycles. The van der Waals surface area contributed by atoms with Gasteiger partial charge in [-0.3, -0.25) is 4.79 Å². The van der Waals surface area contributed by atoms with Gasteiger partial charge in [-0.15, -0.1) is 0 Å². The fourth-order valence-corrected chi connectivity index (χ4v) is 1.81. The Morgan fingerprint density at radius 2 is 2.25 bits per heavy atom. The van der Waals surface area contributed by atoms with Crippen molar-refractivity contribution in [2.24, 2.45) is 7.05 Å². The van der Waals surface area contributed by atoms with E-state index in [2.05, 4.69) is 10.3 Å². The van der Waals surface area contributed by atoms with E-state index in [1.807, 2.05) is 13.8 Å². The van der Waals surface area contributed by atoms with Gasteiger partial charge in [0.25, 0.3) is 5.91 Å². The lowest BCUT2D eigenvalue weighted by Gasteiger charge is -2.13. The van der Waals surface area contributed by atoms with Gasteiger partial charge in [-0.25, -0.2) is 4.98 Å². The summed E-state index contributed by atoms with van der Waals surface area (Å²) in [4.78, 5) is 16.3. The number of rotatable bonds is 4. The fraction of sp³-hybridized carbons (Fsp3) is 0.286. The van der Waals surface area contributed by atoms with Gasteiger partial charge in [0.15, 0.2) is 0 Å². The first-order chi connectivity index (χ1) is 9.47. The van der Waals surface area contributed by atoms with Gasteiger partial charge < -0.3 is 20.4 Å². The molecular weight excluding hydrogens is 256 g/mol. The lowest BCUT2D eigenvalue weighted by Crippen LogP contribution is -2.17. The topological polar surface area (TPSA) is 82.2 Å². The molecule has 0 radical (unpaired) electrons. The first-order valence-electron chi connectivity index (χ1n) is 6.32. The molecular formula is C14H18N4O2. The Kier molecular flexibility index (Phi) is 3.93. The number of carbonyl (C=O) groups excluding carboxylic acids is 1.